The molecule has 27 heavy (non-hydrogen) atoms. The van der Waals surface area contributed by atoms with Crippen LogP contribution < -0.4 is 4.74 Å². The van der Waals surface area contributed by atoms with Crippen LogP contribution in [0, 0.1) is 13.8 Å². The Morgan fingerprint density at radius 2 is 1.85 bits per heavy atom. The number of esters is 1. The number of nitrogens with zero attached hydrogens (tertiary/aromatic N) is 2. The number of carbonyl (C=O) groups excluding carboxylic acids is 1. The van der Waals surface area contributed by atoms with Gasteiger partial charge in [0.15, 0.2) is 5.72 Å². The van der Waals surface area contributed by atoms with Crippen LogP contribution in [0.15, 0.2) is 58.8 Å². The normalized spacial score (nSPS) is 13.5. The van der Waals surface area contributed by atoms with Gasteiger partial charge in [-0.1, -0.05) is 43.3 Å². The maximum atomic E-state index is 11.9. The first kappa shape index (κ1) is 20.8. The summed E-state index contributed by atoms with van der Waals surface area (Å²) in [6, 6.07) is 15.2. The summed E-state index contributed by atoms with van der Waals surface area (Å²) in [4.78, 5) is 11.9. The summed E-state index contributed by atoms with van der Waals surface area (Å²) in [5.41, 5.74) is 2.39. The molecule has 0 aliphatic carbocycles. The van der Waals surface area contributed by atoms with E-state index in [-0.39, 0.29) is 12.8 Å². The Morgan fingerprint density at radius 3 is 2.52 bits per heavy atom. The standard InChI is InChI=1S/C22H28N2O3/c1-4-22(26,14-12-21(25)27-20-8-6-5-7-9-20)24-23-15-13-19-11-10-17(2)18(3)16-19/h5-11,16,26H,4,12-15H2,1-3H3. The lowest BCUT2D eigenvalue weighted by atomic mass is 10.0. The minimum absolute atomic E-state index is 0.0788. The Kier molecular flexibility index (Phi) is 7.67. The molecule has 5 nitrogen and oxygen atoms in total. The molecule has 1 unspecified atom stereocenters. The first-order valence-corrected chi connectivity index (χ1v) is 9.35. The van der Waals surface area contributed by atoms with E-state index in [0.717, 1.165) is 6.42 Å². The lowest BCUT2D eigenvalue weighted by Crippen LogP contribution is -2.26. The molecule has 0 fully saturated rings. The van der Waals surface area contributed by atoms with Crippen LogP contribution in [-0.2, 0) is 11.2 Å². The van der Waals surface area contributed by atoms with Gasteiger partial charge in [0.1, 0.15) is 5.75 Å². The zero-order valence-electron chi connectivity index (χ0n) is 16.3. The van der Waals surface area contributed by atoms with E-state index in [4.69, 9.17) is 4.74 Å². The zero-order chi connectivity index (χ0) is 19.7. The molecule has 1 N–H and O–H groups in total. The highest BCUT2D eigenvalue weighted by Gasteiger charge is 2.25. The van der Waals surface area contributed by atoms with Crippen molar-refractivity contribution < 1.29 is 14.6 Å². The highest BCUT2D eigenvalue weighted by molar-refractivity contribution is 5.72. The van der Waals surface area contributed by atoms with Gasteiger partial charge in [-0.25, -0.2) is 0 Å². The van der Waals surface area contributed by atoms with Gasteiger partial charge < -0.3 is 9.84 Å². The molecule has 0 amide bonds. The van der Waals surface area contributed by atoms with Gasteiger partial charge in [-0.05, 0) is 55.5 Å². The van der Waals surface area contributed by atoms with E-state index in [1.807, 2.05) is 13.0 Å². The van der Waals surface area contributed by atoms with Crippen molar-refractivity contribution in [2.45, 2.75) is 52.2 Å². The zero-order valence-corrected chi connectivity index (χ0v) is 16.3. The van der Waals surface area contributed by atoms with Gasteiger partial charge in [-0.15, -0.1) is 0 Å². The van der Waals surface area contributed by atoms with Gasteiger partial charge >= 0.3 is 5.97 Å². The van der Waals surface area contributed by atoms with Gasteiger partial charge in [0, 0.05) is 6.42 Å². The first-order valence-electron chi connectivity index (χ1n) is 9.35. The van der Waals surface area contributed by atoms with E-state index in [0.29, 0.717) is 18.7 Å². The van der Waals surface area contributed by atoms with Crippen LogP contribution >= 0.6 is 0 Å². The van der Waals surface area contributed by atoms with Crippen molar-refractivity contribution in [2.24, 2.45) is 10.2 Å². The number of azo groups is 1. The summed E-state index contributed by atoms with van der Waals surface area (Å²) in [5.74, 6) is 0.107. The second-order valence-electron chi connectivity index (χ2n) is 6.76. The molecule has 0 heterocycles. The summed E-state index contributed by atoms with van der Waals surface area (Å²) in [7, 11) is 0. The van der Waals surface area contributed by atoms with E-state index in [1.165, 1.54) is 16.7 Å². The molecular weight excluding hydrogens is 340 g/mol. The number of ether oxygens (including phenoxy) is 1. The van der Waals surface area contributed by atoms with Crippen molar-refractivity contribution >= 4 is 5.97 Å². The number of aryl methyl sites for hydroxylation is 2. The summed E-state index contributed by atoms with van der Waals surface area (Å²) in [6.45, 7) is 6.50. The molecule has 2 aromatic rings. The van der Waals surface area contributed by atoms with Crippen molar-refractivity contribution in [3.8, 4) is 5.75 Å². The quantitative estimate of drug-likeness (QED) is 0.393. The van der Waals surface area contributed by atoms with Crippen LogP contribution in [0.25, 0.3) is 0 Å². The second-order valence-corrected chi connectivity index (χ2v) is 6.76. The Balaban J connectivity index is 1.81. The fourth-order valence-electron chi connectivity index (χ4n) is 2.59. The number of aliphatic hydroxyl groups is 1. The number of carbonyl (C=O) groups is 1. The maximum absolute atomic E-state index is 11.9. The molecule has 0 radical (unpaired) electrons. The minimum Gasteiger partial charge on any atom is -0.427 e. The van der Waals surface area contributed by atoms with Crippen molar-refractivity contribution in [3.63, 3.8) is 0 Å². The van der Waals surface area contributed by atoms with Crippen LogP contribution in [0.4, 0.5) is 0 Å². The highest BCUT2D eigenvalue weighted by Crippen LogP contribution is 2.21. The molecule has 0 saturated carbocycles. The number of benzene rings is 2. The van der Waals surface area contributed by atoms with Crippen molar-refractivity contribution in [3.05, 3.63) is 65.2 Å². The second kappa shape index (κ2) is 9.97. The molecule has 2 rings (SSSR count). The first-order chi connectivity index (χ1) is 12.9. The number of para-hydroxylation sites is 1. The van der Waals surface area contributed by atoms with Crippen LogP contribution in [-0.4, -0.2) is 23.3 Å². The summed E-state index contributed by atoms with van der Waals surface area (Å²) >= 11 is 0. The molecule has 0 aromatic heterocycles. The minimum atomic E-state index is -1.33. The van der Waals surface area contributed by atoms with Gasteiger partial charge in [0.2, 0.25) is 0 Å². The van der Waals surface area contributed by atoms with E-state index >= 15 is 0 Å². The van der Waals surface area contributed by atoms with Gasteiger partial charge in [-0.3, -0.25) is 4.79 Å². The average molecular weight is 368 g/mol. The van der Waals surface area contributed by atoms with E-state index < -0.39 is 11.7 Å². The van der Waals surface area contributed by atoms with Crippen LogP contribution in [0.2, 0.25) is 0 Å². The molecule has 5 heteroatoms. The Morgan fingerprint density at radius 1 is 1.11 bits per heavy atom. The van der Waals surface area contributed by atoms with Crippen LogP contribution in [0.3, 0.4) is 0 Å². The van der Waals surface area contributed by atoms with Crippen LogP contribution in [0.5, 0.6) is 5.75 Å². The molecular formula is C22H28N2O3. The molecule has 1 atom stereocenters. The average Bonchev–Trinajstić information content (AvgIpc) is 2.67. The van der Waals surface area contributed by atoms with Crippen molar-refractivity contribution in [2.75, 3.05) is 6.54 Å². The third kappa shape index (κ3) is 6.94. The van der Waals surface area contributed by atoms with Gasteiger partial charge in [0.05, 0.1) is 13.0 Å². The highest BCUT2D eigenvalue weighted by atomic mass is 16.5. The summed E-state index contributed by atoms with van der Waals surface area (Å²) in [6.07, 6.45) is 1.41. The molecule has 2 aromatic carbocycles. The number of hydrogen-bond acceptors (Lipinski definition) is 5. The maximum Gasteiger partial charge on any atom is 0.311 e. The smallest absolute Gasteiger partial charge is 0.311 e. The van der Waals surface area contributed by atoms with Crippen molar-refractivity contribution in [1.82, 2.24) is 0 Å². The van der Waals surface area contributed by atoms with E-state index in [9.17, 15) is 9.90 Å². The Bertz CT molecular complexity index is 774. The molecule has 0 saturated heterocycles. The Labute approximate surface area is 161 Å². The number of hydrogen-bond donors (Lipinski definition) is 1. The fourth-order valence-corrected chi connectivity index (χ4v) is 2.59. The lowest BCUT2D eigenvalue weighted by molar-refractivity contribution is -0.135. The van der Waals surface area contributed by atoms with Crippen LogP contribution in [0.1, 0.15) is 42.9 Å². The third-order valence-electron chi connectivity index (χ3n) is 4.60. The summed E-state index contributed by atoms with van der Waals surface area (Å²) in [5, 5.41) is 18.8. The lowest BCUT2D eigenvalue weighted by Gasteiger charge is -2.20. The largest absolute Gasteiger partial charge is 0.427 e. The van der Waals surface area contributed by atoms with E-state index in [2.05, 4.69) is 42.3 Å². The topological polar surface area (TPSA) is 71.2 Å². The molecule has 144 valence electrons. The third-order valence-corrected chi connectivity index (χ3v) is 4.60. The SMILES string of the molecule is CCC(O)(CCC(=O)Oc1ccccc1)N=NCCc1ccc(C)c(C)c1. The van der Waals surface area contributed by atoms with Crippen molar-refractivity contribution in [1.29, 1.82) is 0 Å². The molecule has 0 spiro atoms. The predicted octanol–water partition coefficient (Wildman–Crippen LogP) is 4.78. The van der Waals surface area contributed by atoms with E-state index in [1.54, 1.807) is 24.3 Å². The molecule has 0 aliphatic heterocycles. The molecule has 0 aliphatic rings. The van der Waals surface area contributed by atoms with Gasteiger partial charge in [0.25, 0.3) is 0 Å². The van der Waals surface area contributed by atoms with Gasteiger partial charge in [-0.2, -0.15) is 10.2 Å². The molecule has 0 bridgehead atoms. The Hall–Kier alpha value is -2.53. The summed E-state index contributed by atoms with van der Waals surface area (Å²) < 4.78 is 5.24. The monoisotopic (exact) mass is 368 g/mol. The fraction of sp³-hybridized carbons (Fsp3) is 0.409. The number of rotatable bonds is 9. The predicted molar refractivity (Wildman–Crippen MR) is 106 cm³/mol.